The van der Waals surface area contributed by atoms with E-state index in [0.29, 0.717) is 5.82 Å². The topological polar surface area (TPSA) is 62.2 Å². The van der Waals surface area contributed by atoms with E-state index in [1.165, 1.54) is 17.0 Å². The Morgan fingerprint density at radius 3 is 2.51 bits per heavy atom. The van der Waals surface area contributed by atoms with Gasteiger partial charge in [-0.05, 0) is 43.0 Å². The standard InChI is InChI=1S/C25H25F4N5O/c26-20-11-5-4-9-17(20)19-13-33(15-25(27,28)29)14-22(19)30-24(35)31-23-18-10-6-12-21(18)32-34(23)16-7-2-1-3-8-16/h1-5,7-9,11,19,22H,6,10,12-15H2,(H2,30,31,35)/t19-,22?/m0/s1. The molecule has 2 aromatic carbocycles. The van der Waals surface area contributed by atoms with Crippen molar-refractivity contribution in [2.24, 2.45) is 0 Å². The van der Waals surface area contributed by atoms with E-state index in [9.17, 15) is 22.4 Å². The van der Waals surface area contributed by atoms with Gasteiger partial charge in [0.25, 0.3) is 0 Å². The zero-order chi connectivity index (χ0) is 24.6. The number of likely N-dealkylation sites (tertiary alicyclic amines) is 1. The Kier molecular flexibility index (Phi) is 6.22. The highest BCUT2D eigenvalue weighted by molar-refractivity contribution is 5.90. The molecule has 5 rings (SSSR count). The monoisotopic (exact) mass is 487 g/mol. The molecule has 3 aromatic rings. The van der Waals surface area contributed by atoms with Crippen LogP contribution in [0.15, 0.2) is 54.6 Å². The lowest BCUT2D eigenvalue weighted by Crippen LogP contribution is -2.43. The van der Waals surface area contributed by atoms with Gasteiger partial charge in [-0.25, -0.2) is 13.9 Å². The second-order valence-electron chi connectivity index (χ2n) is 9.02. The van der Waals surface area contributed by atoms with E-state index in [2.05, 4.69) is 15.7 Å². The molecule has 1 unspecified atom stereocenters. The van der Waals surface area contributed by atoms with E-state index in [-0.39, 0.29) is 18.7 Å². The molecule has 2 aliphatic rings. The Hall–Kier alpha value is -3.40. The molecule has 1 aliphatic carbocycles. The van der Waals surface area contributed by atoms with Gasteiger partial charge in [-0.15, -0.1) is 0 Å². The molecule has 184 valence electrons. The predicted molar refractivity (Wildman–Crippen MR) is 123 cm³/mol. The number of aryl methyl sites for hydroxylation is 1. The van der Waals surface area contributed by atoms with Crippen molar-refractivity contribution in [1.82, 2.24) is 20.0 Å². The van der Waals surface area contributed by atoms with Gasteiger partial charge in [-0.2, -0.15) is 18.3 Å². The Labute approximate surface area is 199 Å². The second kappa shape index (κ2) is 9.33. The predicted octanol–water partition coefficient (Wildman–Crippen LogP) is 4.65. The lowest BCUT2D eigenvalue weighted by atomic mass is 9.94. The Morgan fingerprint density at radius 2 is 1.77 bits per heavy atom. The van der Waals surface area contributed by atoms with Crippen LogP contribution in [0.4, 0.5) is 28.2 Å². The van der Waals surface area contributed by atoms with E-state index in [1.807, 2.05) is 30.3 Å². The summed E-state index contributed by atoms with van der Waals surface area (Å²) in [5.41, 5.74) is 2.96. The number of benzene rings is 2. The number of rotatable bonds is 5. The first kappa shape index (κ1) is 23.3. The molecule has 2 heterocycles. The Bertz CT molecular complexity index is 1210. The molecule has 2 N–H and O–H groups in total. The van der Waals surface area contributed by atoms with Crippen molar-refractivity contribution in [2.75, 3.05) is 25.0 Å². The first-order valence-electron chi connectivity index (χ1n) is 11.6. The zero-order valence-electron chi connectivity index (χ0n) is 18.9. The number of carbonyl (C=O) groups is 1. The molecular weight excluding hydrogens is 462 g/mol. The van der Waals surface area contributed by atoms with Gasteiger partial charge in [0.2, 0.25) is 0 Å². The molecular formula is C25H25F4N5O. The lowest BCUT2D eigenvalue weighted by Gasteiger charge is -2.21. The number of para-hydroxylation sites is 1. The largest absolute Gasteiger partial charge is 0.401 e. The number of aromatic nitrogens is 2. The normalized spacial score (nSPS) is 20.1. The number of nitrogens with one attached hydrogen (secondary N) is 2. The third-order valence-corrected chi connectivity index (χ3v) is 6.56. The molecule has 6 nitrogen and oxygen atoms in total. The molecule has 0 spiro atoms. The van der Waals surface area contributed by atoms with Crippen LogP contribution in [0.2, 0.25) is 0 Å². The van der Waals surface area contributed by atoms with Crippen molar-refractivity contribution in [2.45, 2.75) is 37.4 Å². The summed E-state index contributed by atoms with van der Waals surface area (Å²) in [4.78, 5) is 14.3. The van der Waals surface area contributed by atoms with Crippen LogP contribution < -0.4 is 10.6 Å². The van der Waals surface area contributed by atoms with Crippen molar-refractivity contribution < 1.29 is 22.4 Å². The number of amides is 2. The molecule has 1 fully saturated rings. The summed E-state index contributed by atoms with van der Waals surface area (Å²) in [6.45, 7) is -1.17. The van der Waals surface area contributed by atoms with Crippen LogP contribution in [-0.4, -0.2) is 52.6 Å². The summed E-state index contributed by atoms with van der Waals surface area (Å²) in [5, 5.41) is 10.4. The van der Waals surface area contributed by atoms with Crippen molar-refractivity contribution in [3.8, 4) is 5.69 Å². The maximum Gasteiger partial charge on any atom is 0.401 e. The highest BCUT2D eigenvalue weighted by Gasteiger charge is 2.41. The Balaban J connectivity index is 1.38. The van der Waals surface area contributed by atoms with Crippen molar-refractivity contribution in [3.63, 3.8) is 0 Å². The quantitative estimate of drug-likeness (QED) is 0.515. The van der Waals surface area contributed by atoms with Gasteiger partial charge in [-0.3, -0.25) is 10.2 Å². The average Bonchev–Trinajstić information content (AvgIpc) is 3.50. The average molecular weight is 488 g/mol. The fourth-order valence-corrected chi connectivity index (χ4v) is 5.09. The van der Waals surface area contributed by atoms with Gasteiger partial charge in [0, 0.05) is 24.6 Å². The van der Waals surface area contributed by atoms with E-state index in [0.717, 1.165) is 36.2 Å². The smallest absolute Gasteiger partial charge is 0.333 e. The van der Waals surface area contributed by atoms with E-state index in [4.69, 9.17) is 0 Å². The summed E-state index contributed by atoms with van der Waals surface area (Å²) in [5.74, 6) is -0.568. The SMILES string of the molecule is O=C(Nc1c2c(nn1-c1ccccc1)CCC2)NC1CN(CC(F)(F)F)C[C@H]1c1ccccc1F. The summed E-state index contributed by atoms with van der Waals surface area (Å²) in [6, 6.07) is 14.1. The molecule has 0 saturated carbocycles. The van der Waals surface area contributed by atoms with Gasteiger partial charge in [-0.1, -0.05) is 36.4 Å². The van der Waals surface area contributed by atoms with Gasteiger partial charge < -0.3 is 5.32 Å². The summed E-state index contributed by atoms with van der Waals surface area (Å²) >= 11 is 0. The number of carbonyl (C=O) groups excluding carboxylic acids is 1. The molecule has 2 amide bonds. The summed E-state index contributed by atoms with van der Waals surface area (Å²) in [7, 11) is 0. The van der Waals surface area contributed by atoms with Gasteiger partial charge >= 0.3 is 12.2 Å². The van der Waals surface area contributed by atoms with Crippen LogP contribution in [0.25, 0.3) is 5.69 Å². The number of alkyl halides is 3. The third kappa shape index (κ3) is 5.02. The van der Waals surface area contributed by atoms with Crippen LogP contribution >= 0.6 is 0 Å². The number of hydrogen-bond donors (Lipinski definition) is 2. The van der Waals surface area contributed by atoms with Gasteiger partial charge in [0.05, 0.1) is 24.0 Å². The highest BCUT2D eigenvalue weighted by Crippen LogP contribution is 2.33. The second-order valence-corrected chi connectivity index (χ2v) is 9.02. The first-order chi connectivity index (χ1) is 16.8. The molecule has 1 aromatic heterocycles. The minimum Gasteiger partial charge on any atom is -0.333 e. The van der Waals surface area contributed by atoms with E-state index >= 15 is 0 Å². The number of urea groups is 1. The molecule has 2 atom stereocenters. The maximum absolute atomic E-state index is 14.5. The number of nitrogens with zero attached hydrogens (tertiary/aromatic N) is 3. The number of anilines is 1. The number of hydrogen-bond acceptors (Lipinski definition) is 3. The molecule has 1 aliphatic heterocycles. The molecule has 0 bridgehead atoms. The zero-order valence-corrected chi connectivity index (χ0v) is 18.9. The number of halogens is 4. The van der Waals surface area contributed by atoms with Gasteiger partial charge in [0.15, 0.2) is 0 Å². The lowest BCUT2D eigenvalue weighted by molar-refractivity contribution is -0.143. The minimum atomic E-state index is -4.39. The maximum atomic E-state index is 14.5. The van der Waals surface area contributed by atoms with Crippen LogP contribution in [0, 0.1) is 5.82 Å². The summed E-state index contributed by atoms with van der Waals surface area (Å²) in [6.07, 6.45) is -1.86. The molecule has 10 heteroatoms. The third-order valence-electron chi connectivity index (χ3n) is 6.56. The molecule has 0 radical (unpaired) electrons. The van der Waals surface area contributed by atoms with Crippen LogP contribution in [-0.2, 0) is 12.8 Å². The van der Waals surface area contributed by atoms with Crippen molar-refractivity contribution in [3.05, 3.63) is 77.2 Å². The highest BCUT2D eigenvalue weighted by atomic mass is 19.4. The first-order valence-corrected chi connectivity index (χ1v) is 11.6. The van der Waals surface area contributed by atoms with E-state index in [1.54, 1.807) is 16.8 Å². The van der Waals surface area contributed by atoms with Crippen molar-refractivity contribution in [1.29, 1.82) is 0 Å². The van der Waals surface area contributed by atoms with Crippen LogP contribution in [0.1, 0.15) is 29.2 Å². The van der Waals surface area contributed by atoms with Crippen molar-refractivity contribution >= 4 is 11.8 Å². The van der Waals surface area contributed by atoms with Gasteiger partial charge in [0.1, 0.15) is 11.6 Å². The number of fused-ring (bicyclic) bond motifs is 1. The molecule has 1 saturated heterocycles. The molecule has 35 heavy (non-hydrogen) atoms. The van der Waals surface area contributed by atoms with Crippen LogP contribution in [0.3, 0.4) is 0 Å². The fraction of sp³-hybridized carbons (Fsp3) is 0.360. The minimum absolute atomic E-state index is 0.0112. The summed E-state index contributed by atoms with van der Waals surface area (Å²) < 4.78 is 55.4. The van der Waals surface area contributed by atoms with E-state index < -0.39 is 36.5 Å². The Morgan fingerprint density at radius 1 is 1.03 bits per heavy atom. The van der Waals surface area contributed by atoms with Crippen LogP contribution in [0.5, 0.6) is 0 Å². The fourth-order valence-electron chi connectivity index (χ4n) is 5.09.